The second-order valence-corrected chi connectivity index (χ2v) is 7.22. The molecule has 0 N–H and O–H groups in total. The average molecular weight is 367 g/mol. The van der Waals surface area contributed by atoms with Gasteiger partial charge in [0, 0.05) is 13.1 Å². The number of aromatic nitrogens is 2. The van der Waals surface area contributed by atoms with Crippen LogP contribution in [0.15, 0.2) is 30.3 Å². The Labute approximate surface area is 145 Å². The van der Waals surface area contributed by atoms with E-state index in [0.29, 0.717) is 30.3 Å². The summed E-state index contributed by atoms with van der Waals surface area (Å²) in [4.78, 5) is 18.0. The molecule has 0 fully saturated rings. The molecule has 3 rings (SSSR count). The van der Waals surface area contributed by atoms with Crippen molar-refractivity contribution in [3.8, 4) is 0 Å². The zero-order valence-corrected chi connectivity index (χ0v) is 14.5. The van der Waals surface area contributed by atoms with Crippen LogP contribution < -0.4 is 0 Å². The first-order valence-corrected chi connectivity index (χ1v) is 9.31. The fourth-order valence-electron chi connectivity index (χ4n) is 2.84. The van der Waals surface area contributed by atoms with Crippen LogP contribution in [-0.2, 0) is 40.4 Å². The molecule has 0 atom stereocenters. The van der Waals surface area contributed by atoms with Gasteiger partial charge in [0.15, 0.2) is 0 Å². The number of carbonyl (C=O) groups is 1. The smallest absolute Gasteiger partial charge is 0.410 e. The third kappa shape index (κ3) is 4.16. The maximum absolute atomic E-state index is 13.0. The molecule has 25 heavy (non-hydrogen) atoms. The number of benzene rings is 1. The minimum Gasteiger partial charge on any atom is -0.445 e. The number of halogens is 1. The Hall–Kier alpha value is -2.42. The van der Waals surface area contributed by atoms with Crippen LogP contribution in [0.1, 0.15) is 22.8 Å². The molecule has 1 amide bonds. The molecule has 7 nitrogen and oxygen atoms in total. The van der Waals surface area contributed by atoms with Gasteiger partial charge in [-0.1, -0.05) is 30.3 Å². The number of rotatable bonds is 4. The lowest BCUT2D eigenvalue weighted by molar-refractivity contribution is 0.0860. The van der Waals surface area contributed by atoms with Crippen molar-refractivity contribution >= 4 is 16.3 Å². The maximum atomic E-state index is 13.0. The summed E-state index contributed by atoms with van der Waals surface area (Å²) in [5.41, 5.74) is 1.67. The summed E-state index contributed by atoms with van der Waals surface area (Å²) in [5, 5.41) is 0. The van der Waals surface area contributed by atoms with Crippen molar-refractivity contribution in [3.05, 3.63) is 53.1 Å². The Balaban J connectivity index is 1.67. The Kier molecular flexibility index (Phi) is 4.76. The van der Waals surface area contributed by atoms with E-state index in [4.69, 9.17) is 4.74 Å². The fraction of sp³-hybridized carbons (Fsp3) is 0.375. The molecule has 0 aliphatic carbocycles. The van der Waals surface area contributed by atoms with E-state index in [1.807, 2.05) is 30.3 Å². The number of fused-ring (bicyclic) bond motifs is 1. The van der Waals surface area contributed by atoms with Gasteiger partial charge in [0.05, 0.1) is 17.9 Å². The molecule has 2 aromatic rings. The van der Waals surface area contributed by atoms with Gasteiger partial charge in [-0.15, -0.1) is 3.89 Å². The van der Waals surface area contributed by atoms with Crippen LogP contribution >= 0.6 is 0 Å². The van der Waals surface area contributed by atoms with Gasteiger partial charge in [-0.25, -0.2) is 9.78 Å². The fourth-order valence-corrected chi connectivity index (χ4v) is 3.53. The van der Waals surface area contributed by atoms with Crippen LogP contribution in [0.25, 0.3) is 0 Å². The van der Waals surface area contributed by atoms with Gasteiger partial charge in [-0.05, 0) is 12.5 Å². The normalized spacial score (nSPS) is 14.2. The summed E-state index contributed by atoms with van der Waals surface area (Å²) in [6, 6.07) is 9.34. The van der Waals surface area contributed by atoms with Crippen molar-refractivity contribution in [1.29, 1.82) is 0 Å². The average Bonchev–Trinajstić information content (AvgIpc) is 2.87. The molecule has 0 bridgehead atoms. The summed E-state index contributed by atoms with van der Waals surface area (Å²) in [7, 11) is -4.64. The van der Waals surface area contributed by atoms with E-state index in [0.717, 1.165) is 5.56 Å². The molecule has 2 heterocycles. The number of aryl methyl sites for hydroxylation is 1. The van der Waals surface area contributed by atoms with E-state index in [2.05, 4.69) is 4.98 Å². The van der Waals surface area contributed by atoms with Crippen molar-refractivity contribution in [1.82, 2.24) is 14.5 Å². The lowest BCUT2D eigenvalue weighted by Crippen LogP contribution is -2.39. The topological polar surface area (TPSA) is 81.5 Å². The van der Waals surface area contributed by atoms with Crippen molar-refractivity contribution in [2.45, 2.75) is 32.4 Å². The zero-order valence-electron chi connectivity index (χ0n) is 13.7. The van der Waals surface area contributed by atoms with Gasteiger partial charge in [-0.2, -0.15) is 8.42 Å². The van der Waals surface area contributed by atoms with Crippen LogP contribution in [0.5, 0.6) is 0 Å². The van der Waals surface area contributed by atoms with Gasteiger partial charge in [0.2, 0.25) is 0 Å². The molecule has 134 valence electrons. The van der Waals surface area contributed by atoms with E-state index in [1.54, 1.807) is 11.5 Å². The largest absolute Gasteiger partial charge is 0.445 e. The van der Waals surface area contributed by atoms with Crippen molar-refractivity contribution in [2.75, 3.05) is 6.54 Å². The van der Waals surface area contributed by atoms with Crippen LogP contribution in [0.2, 0.25) is 0 Å². The highest BCUT2D eigenvalue weighted by Gasteiger charge is 2.27. The molecule has 1 aromatic carbocycles. The molecular formula is C16H18FN3O4S. The summed E-state index contributed by atoms with van der Waals surface area (Å²) in [5.74, 6) is -0.177. The number of imidazole rings is 1. The lowest BCUT2D eigenvalue weighted by atomic mass is 10.2. The lowest BCUT2D eigenvalue weighted by Gasteiger charge is -2.27. The molecule has 0 saturated heterocycles. The molecule has 1 aliphatic rings. The summed E-state index contributed by atoms with van der Waals surface area (Å²) >= 11 is 0. The van der Waals surface area contributed by atoms with Crippen molar-refractivity contribution in [2.24, 2.45) is 0 Å². The molecule has 0 saturated carbocycles. The molecule has 0 spiro atoms. The van der Waals surface area contributed by atoms with E-state index in [1.165, 1.54) is 4.90 Å². The predicted octanol–water partition coefficient (Wildman–Crippen LogP) is 2.14. The number of carbonyl (C=O) groups excluding carboxylic acids is 1. The Bertz CT molecular complexity index is 880. The van der Waals surface area contributed by atoms with E-state index in [-0.39, 0.29) is 13.2 Å². The number of ether oxygens (including phenoxy) is 1. The quantitative estimate of drug-likeness (QED) is 0.774. The van der Waals surface area contributed by atoms with Crippen molar-refractivity contribution in [3.63, 3.8) is 0 Å². The van der Waals surface area contributed by atoms with E-state index >= 15 is 0 Å². The van der Waals surface area contributed by atoms with Crippen LogP contribution in [0.4, 0.5) is 8.68 Å². The van der Waals surface area contributed by atoms with Crippen molar-refractivity contribution < 1.29 is 21.8 Å². The highest BCUT2D eigenvalue weighted by Crippen LogP contribution is 2.21. The first kappa shape index (κ1) is 17.4. The van der Waals surface area contributed by atoms with Gasteiger partial charge < -0.3 is 9.30 Å². The third-order valence-corrected chi connectivity index (χ3v) is 4.67. The minimum atomic E-state index is -4.64. The predicted molar refractivity (Wildman–Crippen MR) is 87.7 cm³/mol. The molecule has 1 aliphatic heterocycles. The Morgan fingerprint density at radius 3 is 2.68 bits per heavy atom. The molecule has 0 unspecified atom stereocenters. The maximum Gasteiger partial charge on any atom is 0.410 e. The summed E-state index contributed by atoms with van der Waals surface area (Å²) in [6.07, 6.45) is -0.463. The first-order chi connectivity index (χ1) is 11.8. The third-order valence-electron chi connectivity index (χ3n) is 4.05. The Morgan fingerprint density at radius 2 is 2.00 bits per heavy atom. The van der Waals surface area contributed by atoms with Gasteiger partial charge >= 0.3 is 16.3 Å². The monoisotopic (exact) mass is 367 g/mol. The standard InChI is InChI=1S/C16H18FN3O4S/c1-12-14(11-25(17,22)23)20-8-7-19(9-15(20)18-12)16(21)24-10-13-5-3-2-4-6-13/h2-6H,7-11H2,1H3. The first-order valence-electron chi connectivity index (χ1n) is 7.76. The number of hydrogen-bond acceptors (Lipinski definition) is 5. The van der Waals surface area contributed by atoms with E-state index < -0.39 is 22.1 Å². The molecule has 9 heteroatoms. The second kappa shape index (κ2) is 6.83. The zero-order chi connectivity index (χ0) is 18.0. The molecular weight excluding hydrogens is 349 g/mol. The van der Waals surface area contributed by atoms with Gasteiger partial charge in [0.25, 0.3) is 0 Å². The van der Waals surface area contributed by atoms with Crippen LogP contribution in [0, 0.1) is 6.92 Å². The highest BCUT2D eigenvalue weighted by atomic mass is 32.3. The highest BCUT2D eigenvalue weighted by molar-refractivity contribution is 7.85. The Morgan fingerprint density at radius 1 is 1.28 bits per heavy atom. The van der Waals surface area contributed by atoms with Crippen LogP contribution in [0.3, 0.4) is 0 Å². The minimum absolute atomic E-state index is 0.176. The second-order valence-electron chi connectivity index (χ2n) is 5.86. The van der Waals surface area contributed by atoms with Gasteiger partial charge in [-0.3, -0.25) is 4.90 Å². The summed E-state index contributed by atoms with van der Waals surface area (Å²) in [6.45, 7) is 2.69. The molecule has 0 radical (unpaired) electrons. The van der Waals surface area contributed by atoms with Gasteiger partial charge in [0.1, 0.15) is 18.2 Å². The number of amides is 1. The molecule has 1 aromatic heterocycles. The van der Waals surface area contributed by atoms with E-state index in [9.17, 15) is 17.1 Å². The SMILES string of the molecule is Cc1nc2n(c1CS(=O)(=O)F)CCN(C(=O)OCc1ccccc1)C2. The summed E-state index contributed by atoms with van der Waals surface area (Å²) < 4.78 is 41.8. The van der Waals surface area contributed by atoms with Crippen LogP contribution in [-0.4, -0.2) is 35.5 Å². The number of nitrogens with zero attached hydrogens (tertiary/aromatic N) is 3. The number of hydrogen-bond donors (Lipinski definition) is 0.